The van der Waals surface area contributed by atoms with Gasteiger partial charge < -0.3 is 9.47 Å². The van der Waals surface area contributed by atoms with E-state index in [2.05, 4.69) is 18.2 Å². The molecule has 0 radical (unpaired) electrons. The number of nitriles is 1. The summed E-state index contributed by atoms with van der Waals surface area (Å²) in [6, 6.07) is 26.7. The number of nitrogens with zero attached hydrogens (tertiary/aromatic N) is 1. The Labute approximate surface area is 162 Å². The zero-order chi connectivity index (χ0) is 19.3. The first-order valence-corrected chi connectivity index (χ1v) is 8.97. The van der Waals surface area contributed by atoms with E-state index in [1.807, 2.05) is 42.5 Å². The smallest absolute Gasteiger partial charge is 0.338 e. The van der Waals surface area contributed by atoms with E-state index in [9.17, 15) is 4.79 Å². The molecular weight excluding hydrogens is 350 g/mol. The van der Waals surface area contributed by atoms with Crippen LogP contribution in [0.3, 0.4) is 0 Å². The topological polar surface area (TPSA) is 59.3 Å². The number of hydrogen-bond acceptors (Lipinski definition) is 4. The summed E-state index contributed by atoms with van der Waals surface area (Å²) in [4.78, 5) is 12.1. The normalized spacial score (nSPS) is 10.5. The van der Waals surface area contributed by atoms with Crippen molar-refractivity contribution in [3.8, 4) is 11.8 Å². The Hall–Kier alpha value is -3.84. The van der Waals surface area contributed by atoms with Crippen molar-refractivity contribution in [2.45, 2.75) is 0 Å². The second-order valence-corrected chi connectivity index (χ2v) is 6.32. The predicted molar refractivity (Wildman–Crippen MR) is 108 cm³/mol. The zero-order valence-electron chi connectivity index (χ0n) is 15.1. The first kappa shape index (κ1) is 17.6. The Morgan fingerprint density at radius 2 is 1.57 bits per heavy atom. The molecule has 0 aliphatic carbocycles. The fourth-order valence-corrected chi connectivity index (χ4v) is 3.22. The number of hydrogen-bond donors (Lipinski definition) is 0. The van der Waals surface area contributed by atoms with Crippen LogP contribution in [0.5, 0.6) is 5.75 Å². The van der Waals surface area contributed by atoms with Gasteiger partial charge in [-0.05, 0) is 40.4 Å². The van der Waals surface area contributed by atoms with Crippen molar-refractivity contribution < 1.29 is 14.3 Å². The molecule has 28 heavy (non-hydrogen) atoms. The first-order chi connectivity index (χ1) is 13.8. The van der Waals surface area contributed by atoms with Gasteiger partial charge in [0.15, 0.2) is 0 Å². The van der Waals surface area contributed by atoms with Gasteiger partial charge in [-0.25, -0.2) is 4.79 Å². The van der Waals surface area contributed by atoms with Crippen LogP contribution >= 0.6 is 0 Å². The van der Waals surface area contributed by atoms with Crippen LogP contribution in [0.4, 0.5) is 0 Å². The summed E-state index contributed by atoms with van der Waals surface area (Å²) in [5, 5.41) is 13.3. The van der Waals surface area contributed by atoms with Crippen LogP contribution in [0.1, 0.15) is 15.9 Å². The van der Waals surface area contributed by atoms with Gasteiger partial charge in [-0.2, -0.15) is 5.26 Å². The molecule has 0 amide bonds. The van der Waals surface area contributed by atoms with Crippen molar-refractivity contribution in [1.82, 2.24) is 0 Å². The molecule has 0 spiro atoms. The quantitative estimate of drug-likeness (QED) is 0.280. The van der Waals surface area contributed by atoms with Crippen molar-refractivity contribution in [1.29, 1.82) is 5.26 Å². The Morgan fingerprint density at radius 3 is 2.39 bits per heavy atom. The number of rotatable bonds is 5. The summed E-state index contributed by atoms with van der Waals surface area (Å²) in [6.07, 6.45) is 0. The number of ether oxygens (including phenoxy) is 2. The van der Waals surface area contributed by atoms with Gasteiger partial charge in [0.2, 0.25) is 0 Å². The fourth-order valence-electron chi connectivity index (χ4n) is 3.22. The second-order valence-electron chi connectivity index (χ2n) is 6.32. The van der Waals surface area contributed by atoms with Crippen molar-refractivity contribution in [2.24, 2.45) is 0 Å². The van der Waals surface area contributed by atoms with Crippen LogP contribution in [-0.4, -0.2) is 19.2 Å². The molecule has 0 aromatic heterocycles. The van der Waals surface area contributed by atoms with E-state index in [1.165, 1.54) is 11.5 Å². The van der Waals surface area contributed by atoms with Gasteiger partial charge in [0.1, 0.15) is 19.0 Å². The van der Waals surface area contributed by atoms with E-state index >= 15 is 0 Å². The Kier molecular flexibility index (Phi) is 4.90. The monoisotopic (exact) mass is 367 g/mol. The maximum absolute atomic E-state index is 12.1. The average Bonchev–Trinajstić information content (AvgIpc) is 2.76. The fraction of sp³-hybridized carbons (Fsp3) is 0.0833. The maximum atomic E-state index is 12.1. The molecule has 0 saturated heterocycles. The molecule has 0 bridgehead atoms. The average molecular weight is 367 g/mol. The molecule has 4 heteroatoms. The van der Waals surface area contributed by atoms with E-state index < -0.39 is 5.97 Å². The Morgan fingerprint density at radius 1 is 0.821 bits per heavy atom. The molecule has 0 N–H and O–H groups in total. The van der Waals surface area contributed by atoms with Crippen LogP contribution in [0, 0.1) is 11.3 Å². The molecule has 136 valence electrons. The minimum atomic E-state index is -0.468. The van der Waals surface area contributed by atoms with Crippen LogP contribution in [0.15, 0.2) is 78.9 Å². The molecule has 4 nitrogen and oxygen atoms in total. The third-order valence-electron chi connectivity index (χ3n) is 4.53. The third-order valence-corrected chi connectivity index (χ3v) is 4.53. The lowest BCUT2D eigenvalue weighted by Crippen LogP contribution is -2.12. The lowest BCUT2D eigenvalue weighted by Gasteiger charge is -2.12. The SMILES string of the molecule is N#Cc1cccc(C(=O)OCCOc2cc3ccccc3c3ccccc23)c1. The van der Waals surface area contributed by atoms with Gasteiger partial charge in [0.05, 0.1) is 17.2 Å². The van der Waals surface area contributed by atoms with E-state index in [1.54, 1.807) is 18.2 Å². The van der Waals surface area contributed by atoms with Gasteiger partial charge >= 0.3 is 5.97 Å². The summed E-state index contributed by atoms with van der Waals surface area (Å²) < 4.78 is 11.2. The van der Waals surface area contributed by atoms with Crippen molar-refractivity contribution >= 4 is 27.5 Å². The number of benzene rings is 4. The first-order valence-electron chi connectivity index (χ1n) is 8.97. The predicted octanol–water partition coefficient (Wildman–Crippen LogP) is 5.10. The minimum Gasteiger partial charge on any atom is -0.489 e. The van der Waals surface area contributed by atoms with Crippen LogP contribution in [0.2, 0.25) is 0 Å². The highest BCUT2D eigenvalue weighted by molar-refractivity contribution is 6.10. The molecule has 0 aliphatic rings. The van der Waals surface area contributed by atoms with E-state index in [4.69, 9.17) is 14.7 Å². The highest BCUT2D eigenvalue weighted by Gasteiger charge is 2.09. The molecule has 4 aromatic carbocycles. The number of fused-ring (bicyclic) bond motifs is 3. The highest BCUT2D eigenvalue weighted by Crippen LogP contribution is 2.33. The molecule has 0 aliphatic heterocycles. The molecule has 0 unspecified atom stereocenters. The van der Waals surface area contributed by atoms with Crippen molar-refractivity contribution in [3.05, 3.63) is 90.0 Å². The molecule has 4 aromatic rings. The van der Waals surface area contributed by atoms with Crippen molar-refractivity contribution in [3.63, 3.8) is 0 Å². The maximum Gasteiger partial charge on any atom is 0.338 e. The van der Waals surface area contributed by atoms with Gasteiger partial charge in [0, 0.05) is 5.39 Å². The number of carbonyl (C=O) groups is 1. The van der Waals surface area contributed by atoms with Gasteiger partial charge in [0.25, 0.3) is 0 Å². The van der Waals surface area contributed by atoms with Gasteiger partial charge in [-0.1, -0.05) is 54.6 Å². The molecule has 0 atom stereocenters. The molecule has 0 heterocycles. The van der Waals surface area contributed by atoms with Gasteiger partial charge in [-0.15, -0.1) is 0 Å². The van der Waals surface area contributed by atoms with Crippen LogP contribution in [0.25, 0.3) is 21.5 Å². The van der Waals surface area contributed by atoms with Crippen LogP contribution in [-0.2, 0) is 4.74 Å². The summed E-state index contributed by atoms with van der Waals surface area (Å²) in [7, 11) is 0. The standard InChI is InChI=1S/C24H17NO3/c25-16-17-6-5-8-19(14-17)24(26)28-13-12-27-23-15-18-7-1-2-9-20(18)21-10-3-4-11-22(21)23/h1-11,14-15H,12-13H2. The molecule has 4 rings (SSSR count). The zero-order valence-corrected chi connectivity index (χ0v) is 15.1. The lowest BCUT2D eigenvalue weighted by atomic mass is 10.0. The summed E-state index contributed by atoms with van der Waals surface area (Å²) in [5.41, 5.74) is 0.781. The summed E-state index contributed by atoms with van der Waals surface area (Å²) in [6.45, 7) is 0.364. The lowest BCUT2D eigenvalue weighted by molar-refractivity contribution is 0.0451. The van der Waals surface area contributed by atoms with E-state index in [0.29, 0.717) is 11.1 Å². The Bertz CT molecular complexity index is 1210. The number of esters is 1. The highest BCUT2D eigenvalue weighted by atomic mass is 16.6. The largest absolute Gasteiger partial charge is 0.489 e. The second kappa shape index (κ2) is 7.81. The molecule has 0 fully saturated rings. The number of carbonyl (C=O) groups excluding carboxylic acids is 1. The van der Waals surface area contributed by atoms with Gasteiger partial charge in [-0.3, -0.25) is 0 Å². The van der Waals surface area contributed by atoms with Crippen molar-refractivity contribution in [2.75, 3.05) is 13.2 Å². The van der Waals surface area contributed by atoms with E-state index in [-0.39, 0.29) is 13.2 Å². The minimum absolute atomic E-state index is 0.122. The summed E-state index contributed by atoms with van der Waals surface area (Å²) in [5.74, 6) is 0.292. The molecular formula is C24H17NO3. The van der Waals surface area contributed by atoms with Crippen LogP contribution < -0.4 is 4.74 Å². The summed E-state index contributed by atoms with van der Waals surface area (Å²) >= 11 is 0. The third kappa shape index (κ3) is 3.51. The molecule has 0 saturated carbocycles. The Balaban J connectivity index is 1.47. The van der Waals surface area contributed by atoms with E-state index in [0.717, 1.165) is 21.9 Å².